The second-order valence-corrected chi connectivity index (χ2v) is 1.95. The van der Waals surface area contributed by atoms with Gasteiger partial charge >= 0.3 is 0 Å². The van der Waals surface area contributed by atoms with Crippen LogP contribution in [0.25, 0.3) is 0 Å². The van der Waals surface area contributed by atoms with E-state index in [0.29, 0.717) is 0 Å². The zero-order valence-corrected chi connectivity index (χ0v) is 5.56. The van der Waals surface area contributed by atoms with Crippen molar-refractivity contribution in [1.29, 1.82) is 0 Å². The highest BCUT2D eigenvalue weighted by Gasteiger charge is 2.09. The molecule has 0 spiro atoms. The van der Waals surface area contributed by atoms with Gasteiger partial charge in [0.15, 0.2) is 0 Å². The molecule has 2 N–H and O–H groups in total. The molecule has 1 unspecified atom stereocenters. The van der Waals surface area contributed by atoms with Crippen molar-refractivity contribution >= 4 is 5.91 Å². The first-order valence-corrected chi connectivity index (χ1v) is 2.85. The van der Waals surface area contributed by atoms with Crippen LogP contribution in [0.2, 0.25) is 0 Å². The van der Waals surface area contributed by atoms with E-state index in [9.17, 15) is 4.79 Å². The van der Waals surface area contributed by atoms with Gasteiger partial charge in [0.05, 0.1) is 0 Å². The summed E-state index contributed by atoms with van der Waals surface area (Å²) in [6, 6.07) is -0.414. The Morgan fingerprint density at radius 3 is 2.90 bits per heavy atom. The number of rotatable bonds is 2. The van der Waals surface area contributed by atoms with Gasteiger partial charge in [-0.15, -0.1) is 0 Å². The number of carbonyl (C=O) groups is 1. The first-order chi connectivity index (χ1) is 4.72. The van der Waals surface area contributed by atoms with Crippen LogP contribution in [-0.4, -0.2) is 20.7 Å². The molecule has 1 aromatic rings. The van der Waals surface area contributed by atoms with Crippen molar-refractivity contribution in [2.24, 2.45) is 5.73 Å². The largest absolute Gasteiger partial charge is 0.368 e. The van der Waals surface area contributed by atoms with Gasteiger partial charge in [0, 0.05) is 0 Å². The highest BCUT2D eigenvalue weighted by molar-refractivity contribution is 5.77. The Hall–Kier alpha value is -1.39. The summed E-state index contributed by atoms with van der Waals surface area (Å²) < 4.78 is 1.41. The van der Waals surface area contributed by atoms with Gasteiger partial charge < -0.3 is 5.73 Å². The smallest absolute Gasteiger partial charge is 0.242 e. The third kappa shape index (κ3) is 1.12. The summed E-state index contributed by atoms with van der Waals surface area (Å²) in [5.41, 5.74) is 5.00. The lowest BCUT2D eigenvalue weighted by Crippen LogP contribution is -2.24. The number of nitrogens with zero attached hydrogens (tertiary/aromatic N) is 3. The second-order valence-electron chi connectivity index (χ2n) is 1.95. The first kappa shape index (κ1) is 6.73. The van der Waals surface area contributed by atoms with Crippen LogP contribution in [-0.2, 0) is 4.79 Å². The number of nitrogens with two attached hydrogens (primary N) is 1. The van der Waals surface area contributed by atoms with E-state index in [0.717, 1.165) is 0 Å². The topological polar surface area (TPSA) is 73.8 Å². The molecule has 0 radical (unpaired) electrons. The number of amides is 1. The van der Waals surface area contributed by atoms with Crippen LogP contribution in [0, 0.1) is 0 Å². The Balaban J connectivity index is 2.77. The molecule has 0 bridgehead atoms. The van der Waals surface area contributed by atoms with Gasteiger partial charge in [-0.05, 0) is 6.92 Å². The van der Waals surface area contributed by atoms with Crippen molar-refractivity contribution in [3.8, 4) is 0 Å². The minimum absolute atomic E-state index is 0.412. The lowest BCUT2D eigenvalue weighted by Gasteiger charge is -2.04. The molecule has 0 aliphatic rings. The highest BCUT2D eigenvalue weighted by Crippen LogP contribution is 1.98. The van der Waals surface area contributed by atoms with E-state index >= 15 is 0 Å². The van der Waals surface area contributed by atoms with Crippen LogP contribution in [0.15, 0.2) is 12.7 Å². The van der Waals surface area contributed by atoms with Crippen molar-refractivity contribution in [1.82, 2.24) is 14.8 Å². The molecule has 5 heteroatoms. The summed E-state index contributed by atoms with van der Waals surface area (Å²) in [5.74, 6) is -0.412. The second kappa shape index (κ2) is 2.47. The predicted octanol–water partition coefficient (Wildman–Crippen LogP) is -0.676. The molecule has 0 aromatic carbocycles. The van der Waals surface area contributed by atoms with Crippen molar-refractivity contribution in [2.45, 2.75) is 13.0 Å². The van der Waals surface area contributed by atoms with E-state index in [2.05, 4.69) is 10.1 Å². The quantitative estimate of drug-likeness (QED) is 0.591. The van der Waals surface area contributed by atoms with Crippen LogP contribution < -0.4 is 5.73 Å². The van der Waals surface area contributed by atoms with Crippen LogP contribution in [0.3, 0.4) is 0 Å². The fourth-order valence-electron chi connectivity index (χ4n) is 0.548. The van der Waals surface area contributed by atoms with Crippen molar-refractivity contribution in [3.05, 3.63) is 12.7 Å². The average Bonchev–Trinajstić information content (AvgIpc) is 2.36. The molecule has 54 valence electrons. The van der Waals surface area contributed by atoms with E-state index in [1.54, 1.807) is 6.92 Å². The van der Waals surface area contributed by atoms with Gasteiger partial charge in [-0.25, -0.2) is 9.67 Å². The Morgan fingerprint density at radius 1 is 1.80 bits per heavy atom. The molecule has 1 aromatic heterocycles. The van der Waals surface area contributed by atoms with Crippen LogP contribution in [0.5, 0.6) is 0 Å². The van der Waals surface area contributed by atoms with Crippen LogP contribution >= 0.6 is 0 Å². The van der Waals surface area contributed by atoms with Crippen LogP contribution in [0.1, 0.15) is 13.0 Å². The summed E-state index contributed by atoms with van der Waals surface area (Å²) in [7, 11) is 0. The van der Waals surface area contributed by atoms with Gasteiger partial charge in [-0.2, -0.15) is 5.10 Å². The van der Waals surface area contributed by atoms with E-state index < -0.39 is 11.9 Å². The molecule has 0 saturated heterocycles. The Morgan fingerprint density at radius 2 is 2.50 bits per heavy atom. The minimum Gasteiger partial charge on any atom is -0.368 e. The molecule has 1 rings (SSSR count). The predicted molar refractivity (Wildman–Crippen MR) is 33.9 cm³/mol. The maximum absolute atomic E-state index is 10.5. The van der Waals surface area contributed by atoms with E-state index in [-0.39, 0.29) is 0 Å². The molecule has 1 heterocycles. The summed E-state index contributed by atoms with van der Waals surface area (Å²) >= 11 is 0. The molecule has 1 amide bonds. The highest BCUT2D eigenvalue weighted by atomic mass is 16.1. The fourth-order valence-corrected chi connectivity index (χ4v) is 0.548. The molecule has 0 saturated carbocycles. The zero-order valence-electron chi connectivity index (χ0n) is 5.56. The Bertz CT molecular complexity index is 218. The van der Waals surface area contributed by atoms with Crippen molar-refractivity contribution < 1.29 is 4.79 Å². The van der Waals surface area contributed by atoms with Crippen LogP contribution in [0.4, 0.5) is 0 Å². The maximum atomic E-state index is 10.5. The zero-order chi connectivity index (χ0) is 7.56. The summed E-state index contributed by atoms with van der Waals surface area (Å²) in [5, 5.41) is 3.74. The number of hydrogen-bond donors (Lipinski definition) is 1. The van der Waals surface area contributed by atoms with E-state index in [1.165, 1.54) is 17.3 Å². The number of hydrogen-bond acceptors (Lipinski definition) is 3. The van der Waals surface area contributed by atoms with Crippen molar-refractivity contribution in [3.63, 3.8) is 0 Å². The standard InChI is InChI=1S/C5H8N4O/c1-4(5(6)10)9-3-7-2-8-9/h2-4H,1H3,(H2,6,10). The third-order valence-electron chi connectivity index (χ3n) is 1.25. The SMILES string of the molecule is CC(C(N)=O)n1cncn1. The number of aromatic nitrogens is 3. The normalized spacial score (nSPS) is 12.9. The lowest BCUT2D eigenvalue weighted by atomic mass is 10.3. The van der Waals surface area contributed by atoms with Crippen molar-refractivity contribution in [2.75, 3.05) is 0 Å². The van der Waals surface area contributed by atoms with Gasteiger partial charge in [0.25, 0.3) is 0 Å². The molecule has 0 aliphatic heterocycles. The Labute approximate surface area is 57.9 Å². The summed E-state index contributed by atoms with van der Waals surface area (Å²) in [4.78, 5) is 14.2. The molecule has 0 fully saturated rings. The molecule has 10 heavy (non-hydrogen) atoms. The minimum atomic E-state index is -0.414. The van der Waals surface area contributed by atoms with Gasteiger partial charge in [0.1, 0.15) is 18.7 Å². The van der Waals surface area contributed by atoms with E-state index in [4.69, 9.17) is 5.73 Å². The fraction of sp³-hybridized carbons (Fsp3) is 0.400. The van der Waals surface area contributed by atoms with Gasteiger partial charge in [-0.1, -0.05) is 0 Å². The van der Waals surface area contributed by atoms with E-state index in [1.807, 2.05) is 0 Å². The van der Waals surface area contributed by atoms with Gasteiger partial charge in [-0.3, -0.25) is 4.79 Å². The third-order valence-corrected chi connectivity index (χ3v) is 1.25. The Kier molecular flexibility index (Phi) is 1.66. The lowest BCUT2D eigenvalue weighted by molar-refractivity contribution is -0.120. The molecular weight excluding hydrogens is 132 g/mol. The molecule has 0 aliphatic carbocycles. The molecular formula is C5H8N4O. The van der Waals surface area contributed by atoms with Gasteiger partial charge in [0.2, 0.25) is 5.91 Å². The number of carbonyl (C=O) groups excluding carboxylic acids is 1. The number of primary amides is 1. The maximum Gasteiger partial charge on any atom is 0.242 e. The summed E-state index contributed by atoms with van der Waals surface area (Å²) in [6.45, 7) is 1.66. The molecule has 1 atom stereocenters. The molecule has 5 nitrogen and oxygen atoms in total. The summed E-state index contributed by atoms with van der Waals surface area (Å²) in [6.07, 6.45) is 2.81. The average molecular weight is 140 g/mol. The first-order valence-electron chi connectivity index (χ1n) is 2.85. The monoisotopic (exact) mass is 140 g/mol.